The molecule has 1 aliphatic rings. The minimum atomic E-state index is -0.948. The van der Waals surface area contributed by atoms with Crippen molar-refractivity contribution < 1.29 is 19.4 Å². The maximum Gasteiger partial charge on any atom is 0.335 e. The molecule has 1 N–H and O–H groups in total. The van der Waals surface area contributed by atoms with Gasteiger partial charge in [-0.05, 0) is 36.8 Å². The number of hydrogen-bond donors (Lipinski definition) is 1. The van der Waals surface area contributed by atoms with Crippen LogP contribution in [0.3, 0.4) is 0 Å². The Morgan fingerprint density at radius 3 is 2.66 bits per heavy atom. The molecule has 4 rings (SSSR count). The number of nitrogens with zero attached hydrogens (tertiary/aromatic N) is 3. The number of carbonyl (C=O) groups is 1. The molecule has 1 fully saturated rings. The van der Waals surface area contributed by atoms with Gasteiger partial charge >= 0.3 is 5.97 Å². The summed E-state index contributed by atoms with van der Waals surface area (Å²) in [7, 11) is 0. The zero-order valence-corrected chi connectivity index (χ0v) is 16.3. The van der Waals surface area contributed by atoms with Crippen molar-refractivity contribution in [2.24, 2.45) is 0 Å². The van der Waals surface area contributed by atoms with Crippen molar-refractivity contribution in [2.75, 3.05) is 32.8 Å². The van der Waals surface area contributed by atoms with Crippen molar-refractivity contribution in [1.82, 2.24) is 14.5 Å². The Morgan fingerprint density at radius 2 is 1.90 bits per heavy atom. The largest absolute Gasteiger partial charge is 0.486 e. The molecule has 0 saturated carbocycles. The van der Waals surface area contributed by atoms with Gasteiger partial charge in [-0.25, -0.2) is 9.78 Å². The summed E-state index contributed by atoms with van der Waals surface area (Å²) >= 11 is 0. The maximum absolute atomic E-state index is 11.3. The number of para-hydroxylation sites is 1. The van der Waals surface area contributed by atoms with E-state index < -0.39 is 5.97 Å². The first-order chi connectivity index (χ1) is 14.2. The second-order valence-corrected chi connectivity index (χ2v) is 7.10. The van der Waals surface area contributed by atoms with Crippen molar-refractivity contribution in [1.29, 1.82) is 0 Å². The van der Waals surface area contributed by atoms with Gasteiger partial charge < -0.3 is 19.1 Å². The van der Waals surface area contributed by atoms with Crippen molar-refractivity contribution in [3.8, 4) is 5.75 Å². The van der Waals surface area contributed by atoms with Crippen molar-refractivity contribution in [3.05, 3.63) is 59.9 Å². The van der Waals surface area contributed by atoms with Crippen LogP contribution in [0, 0.1) is 0 Å². The van der Waals surface area contributed by atoms with E-state index in [4.69, 9.17) is 9.47 Å². The van der Waals surface area contributed by atoms with Gasteiger partial charge in [0.05, 0.1) is 29.8 Å². The molecule has 0 atom stereocenters. The number of rotatable bonds is 8. The molecule has 0 unspecified atom stereocenters. The number of fused-ring (bicyclic) bond motifs is 1. The monoisotopic (exact) mass is 395 g/mol. The lowest BCUT2D eigenvalue weighted by Crippen LogP contribution is -2.37. The SMILES string of the molecule is O=C(O)c1ccc2c(c1)nc(COc1ccccc1)n2CCCN1CCOCC1. The highest BCUT2D eigenvalue weighted by Gasteiger charge is 2.15. The fourth-order valence-corrected chi connectivity index (χ4v) is 3.61. The molecule has 0 amide bonds. The Balaban J connectivity index is 1.53. The van der Waals surface area contributed by atoms with Gasteiger partial charge in [0.2, 0.25) is 0 Å². The number of carboxylic acid groups (broad SMARTS) is 1. The molecule has 2 aromatic carbocycles. The standard InChI is InChI=1S/C22H25N3O4/c26-22(27)17-7-8-20-19(15-17)23-21(16-29-18-5-2-1-3-6-18)25(20)10-4-9-24-11-13-28-14-12-24/h1-3,5-8,15H,4,9-14,16H2,(H,26,27). The molecule has 0 aliphatic carbocycles. The Labute approximate surface area is 169 Å². The van der Waals surface area contributed by atoms with E-state index in [-0.39, 0.29) is 5.56 Å². The van der Waals surface area contributed by atoms with Crippen molar-refractivity contribution >= 4 is 17.0 Å². The number of ether oxygens (including phenoxy) is 2. The molecule has 0 bridgehead atoms. The quantitative estimate of drug-likeness (QED) is 0.632. The van der Waals surface area contributed by atoms with Crippen LogP contribution in [-0.4, -0.2) is 58.4 Å². The minimum absolute atomic E-state index is 0.242. The van der Waals surface area contributed by atoms with Gasteiger partial charge in [0.15, 0.2) is 0 Å². The van der Waals surface area contributed by atoms with E-state index in [0.29, 0.717) is 12.1 Å². The molecule has 7 nitrogen and oxygen atoms in total. The van der Waals surface area contributed by atoms with Crippen molar-refractivity contribution in [3.63, 3.8) is 0 Å². The van der Waals surface area contributed by atoms with E-state index in [1.54, 1.807) is 12.1 Å². The van der Waals surface area contributed by atoms with Gasteiger partial charge in [-0.15, -0.1) is 0 Å². The molecule has 1 aliphatic heterocycles. The number of morpholine rings is 1. The summed E-state index contributed by atoms with van der Waals surface area (Å²) in [6, 6.07) is 14.7. The van der Waals surface area contributed by atoms with Gasteiger partial charge in [0.25, 0.3) is 0 Å². The lowest BCUT2D eigenvalue weighted by molar-refractivity contribution is 0.0369. The predicted octanol–water partition coefficient (Wildman–Crippen LogP) is 3.04. The molecule has 152 valence electrons. The molecule has 1 saturated heterocycles. The van der Waals surface area contributed by atoms with Crippen LogP contribution in [-0.2, 0) is 17.9 Å². The Morgan fingerprint density at radius 1 is 1.10 bits per heavy atom. The van der Waals surface area contributed by atoms with Crippen LogP contribution in [0.4, 0.5) is 0 Å². The van der Waals surface area contributed by atoms with Crippen LogP contribution < -0.4 is 4.74 Å². The average molecular weight is 395 g/mol. The zero-order chi connectivity index (χ0) is 20.1. The van der Waals surface area contributed by atoms with E-state index in [1.165, 1.54) is 0 Å². The van der Waals surface area contributed by atoms with E-state index in [9.17, 15) is 9.90 Å². The van der Waals surface area contributed by atoms with Gasteiger partial charge in [0, 0.05) is 26.2 Å². The van der Waals surface area contributed by atoms with Crippen LogP contribution in [0.25, 0.3) is 11.0 Å². The highest BCUT2D eigenvalue weighted by Crippen LogP contribution is 2.21. The highest BCUT2D eigenvalue weighted by atomic mass is 16.5. The number of carboxylic acids is 1. The number of imidazole rings is 1. The lowest BCUT2D eigenvalue weighted by Gasteiger charge is -2.26. The van der Waals surface area contributed by atoms with E-state index in [0.717, 1.165) is 62.9 Å². The fourth-order valence-electron chi connectivity index (χ4n) is 3.61. The second-order valence-electron chi connectivity index (χ2n) is 7.10. The summed E-state index contributed by atoms with van der Waals surface area (Å²) in [5, 5.41) is 9.28. The fraction of sp³-hybridized carbons (Fsp3) is 0.364. The Bertz CT molecular complexity index is 965. The number of hydrogen-bond acceptors (Lipinski definition) is 5. The van der Waals surface area contributed by atoms with Crippen LogP contribution in [0.2, 0.25) is 0 Å². The summed E-state index contributed by atoms with van der Waals surface area (Å²) < 4.78 is 13.5. The first-order valence-corrected chi connectivity index (χ1v) is 9.91. The molecule has 0 spiro atoms. The second kappa shape index (κ2) is 9.07. The third-order valence-corrected chi connectivity index (χ3v) is 5.15. The van der Waals surface area contributed by atoms with Crippen LogP contribution >= 0.6 is 0 Å². The molecule has 3 aromatic rings. The molecule has 29 heavy (non-hydrogen) atoms. The first-order valence-electron chi connectivity index (χ1n) is 9.91. The molecular weight excluding hydrogens is 370 g/mol. The Kier molecular flexibility index (Phi) is 6.07. The van der Waals surface area contributed by atoms with Crippen LogP contribution in [0.5, 0.6) is 5.75 Å². The van der Waals surface area contributed by atoms with E-state index >= 15 is 0 Å². The van der Waals surface area contributed by atoms with E-state index in [2.05, 4.69) is 14.5 Å². The van der Waals surface area contributed by atoms with Crippen LogP contribution in [0.15, 0.2) is 48.5 Å². The number of aromatic carboxylic acids is 1. The molecular formula is C22H25N3O4. The third-order valence-electron chi connectivity index (χ3n) is 5.15. The lowest BCUT2D eigenvalue weighted by atomic mass is 10.2. The van der Waals surface area contributed by atoms with Crippen LogP contribution in [0.1, 0.15) is 22.6 Å². The summed E-state index contributed by atoms with van der Waals surface area (Å²) in [5.41, 5.74) is 1.86. The normalized spacial score (nSPS) is 14.9. The molecule has 0 radical (unpaired) electrons. The minimum Gasteiger partial charge on any atom is -0.486 e. The summed E-state index contributed by atoms with van der Waals surface area (Å²) in [6.07, 6.45) is 0.977. The molecule has 7 heteroatoms. The topological polar surface area (TPSA) is 76.8 Å². The summed E-state index contributed by atoms with van der Waals surface area (Å²) in [6.45, 7) is 5.65. The zero-order valence-electron chi connectivity index (χ0n) is 16.3. The first kappa shape index (κ1) is 19.4. The predicted molar refractivity (Wildman–Crippen MR) is 109 cm³/mol. The highest BCUT2D eigenvalue weighted by molar-refractivity contribution is 5.92. The summed E-state index contributed by atoms with van der Waals surface area (Å²) in [4.78, 5) is 18.4. The average Bonchev–Trinajstić information content (AvgIpc) is 3.10. The number of aryl methyl sites for hydroxylation is 1. The summed E-state index contributed by atoms with van der Waals surface area (Å²) in [5.74, 6) is 0.634. The maximum atomic E-state index is 11.3. The van der Waals surface area contributed by atoms with Gasteiger partial charge in [0.1, 0.15) is 18.2 Å². The Hall–Kier alpha value is -2.90. The van der Waals surface area contributed by atoms with Crippen molar-refractivity contribution in [2.45, 2.75) is 19.6 Å². The smallest absolute Gasteiger partial charge is 0.335 e. The molecule has 2 heterocycles. The van der Waals surface area contributed by atoms with Gasteiger partial charge in [-0.2, -0.15) is 0 Å². The van der Waals surface area contributed by atoms with Gasteiger partial charge in [-0.1, -0.05) is 18.2 Å². The number of aromatic nitrogens is 2. The third kappa shape index (κ3) is 4.75. The molecule has 1 aromatic heterocycles. The van der Waals surface area contributed by atoms with E-state index in [1.807, 2.05) is 36.4 Å². The number of benzene rings is 2. The van der Waals surface area contributed by atoms with Gasteiger partial charge in [-0.3, -0.25) is 4.90 Å².